The van der Waals surface area contributed by atoms with Crippen molar-refractivity contribution < 1.29 is 4.79 Å². The van der Waals surface area contributed by atoms with Crippen LogP contribution in [0.5, 0.6) is 0 Å². The van der Waals surface area contributed by atoms with Crippen LogP contribution in [0.1, 0.15) is 24.5 Å². The first-order valence-corrected chi connectivity index (χ1v) is 7.85. The third-order valence-electron chi connectivity index (χ3n) is 4.42. The summed E-state index contributed by atoms with van der Waals surface area (Å²) in [4.78, 5) is 34.2. The maximum atomic E-state index is 12.2. The predicted molar refractivity (Wildman–Crippen MR) is 80.6 cm³/mol. The lowest BCUT2D eigenvalue weighted by molar-refractivity contribution is -0.138. The number of carbonyl (C=O) groups is 1. The highest BCUT2D eigenvalue weighted by molar-refractivity contribution is 5.76. The quantitative estimate of drug-likeness (QED) is 0.767. The first-order valence-electron chi connectivity index (χ1n) is 7.85. The molecule has 1 amide bonds. The zero-order valence-corrected chi connectivity index (χ0v) is 12.7. The molecule has 3 heterocycles. The molecule has 8 nitrogen and oxygen atoms in total. The first kappa shape index (κ1) is 14.1. The molecule has 2 aromatic heterocycles. The predicted octanol–water partition coefficient (Wildman–Crippen LogP) is -0.129. The topological polar surface area (TPSA) is 85.9 Å². The largest absolute Gasteiger partial charge is 0.340 e. The first-order chi connectivity index (χ1) is 11.2. The molecule has 1 saturated carbocycles. The van der Waals surface area contributed by atoms with Gasteiger partial charge < -0.3 is 4.90 Å². The summed E-state index contributed by atoms with van der Waals surface area (Å²) in [5.41, 5.74) is 0.713. The van der Waals surface area contributed by atoms with E-state index in [9.17, 15) is 9.59 Å². The van der Waals surface area contributed by atoms with Crippen molar-refractivity contribution in [2.45, 2.75) is 31.8 Å². The standard InChI is InChI=1S/C15H18N6O2/c22-14-3-13(12-1-2-12)17-10-20(14)7-15(23)19-4-11(5-19)6-21-9-16-8-18-21/h3,8-12H,1-2,4-7H2. The van der Waals surface area contributed by atoms with E-state index in [1.165, 1.54) is 17.2 Å². The van der Waals surface area contributed by atoms with Crippen molar-refractivity contribution in [2.75, 3.05) is 13.1 Å². The van der Waals surface area contributed by atoms with Crippen molar-refractivity contribution >= 4 is 5.91 Å². The SMILES string of the molecule is O=C(Cn1cnc(C2CC2)cc1=O)N1CC(Cn2cncn2)C1. The van der Waals surface area contributed by atoms with E-state index in [1.807, 2.05) is 0 Å². The fraction of sp³-hybridized carbons (Fsp3) is 0.533. The molecule has 2 aliphatic rings. The molecule has 2 fully saturated rings. The number of amides is 1. The summed E-state index contributed by atoms with van der Waals surface area (Å²) in [7, 11) is 0. The van der Waals surface area contributed by atoms with Gasteiger partial charge in [-0.2, -0.15) is 5.10 Å². The van der Waals surface area contributed by atoms with Crippen molar-refractivity contribution in [3.63, 3.8) is 0 Å². The Morgan fingerprint density at radius 2 is 2.09 bits per heavy atom. The van der Waals surface area contributed by atoms with Crippen molar-refractivity contribution in [2.24, 2.45) is 5.92 Å². The highest BCUT2D eigenvalue weighted by Gasteiger charge is 2.31. The highest BCUT2D eigenvalue weighted by atomic mass is 16.2. The van der Waals surface area contributed by atoms with Gasteiger partial charge in [0.05, 0.1) is 12.0 Å². The molecule has 0 N–H and O–H groups in total. The molecule has 2 aromatic rings. The van der Waals surface area contributed by atoms with E-state index in [0.29, 0.717) is 24.9 Å². The number of likely N-dealkylation sites (tertiary alicyclic amines) is 1. The summed E-state index contributed by atoms with van der Waals surface area (Å²) in [5.74, 6) is 0.802. The summed E-state index contributed by atoms with van der Waals surface area (Å²) in [6.45, 7) is 2.22. The van der Waals surface area contributed by atoms with Crippen molar-refractivity contribution in [1.82, 2.24) is 29.2 Å². The van der Waals surface area contributed by atoms with Crippen LogP contribution in [0.3, 0.4) is 0 Å². The number of rotatable bonds is 5. The summed E-state index contributed by atoms with van der Waals surface area (Å²) in [6.07, 6.45) is 6.90. The van der Waals surface area contributed by atoms with Gasteiger partial charge >= 0.3 is 0 Å². The third-order valence-corrected chi connectivity index (χ3v) is 4.42. The van der Waals surface area contributed by atoms with Crippen LogP contribution in [0, 0.1) is 5.92 Å². The van der Waals surface area contributed by atoms with Crippen LogP contribution < -0.4 is 5.56 Å². The third kappa shape index (κ3) is 3.01. The van der Waals surface area contributed by atoms with E-state index in [1.54, 1.807) is 22.0 Å². The Bertz CT molecular complexity index is 759. The van der Waals surface area contributed by atoms with Gasteiger partial charge in [0.15, 0.2) is 0 Å². The molecule has 0 unspecified atom stereocenters. The summed E-state index contributed by atoms with van der Waals surface area (Å²) < 4.78 is 3.16. The fourth-order valence-corrected chi connectivity index (χ4v) is 2.89. The number of carbonyl (C=O) groups excluding carboxylic acids is 1. The second-order valence-corrected chi connectivity index (χ2v) is 6.34. The number of hydrogen-bond acceptors (Lipinski definition) is 5. The van der Waals surface area contributed by atoms with E-state index >= 15 is 0 Å². The van der Waals surface area contributed by atoms with Crippen molar-refractivity contribution in [3.05, 3.63) is 41.1 Å². The minimum atomic E-state index is -0.144. The van der Waals surface area contributed by atoms with Gasteiger partial charge in [-0.15, -0.1) is 0 Å². The summed E-state index contributed by atoms with van der Waals surface area (Å²) in [6, 6.07) is 1.56. The zero-order chi connectivity index (χ0) is 15.8. The smallest absolute Gasteiger partial charge is 0.254 e. The molecule has 23 heavy (non-hydrogen) atoms. The number of hydrogen-bond donors (Lipinski definition) is 0. The molecule has 0 atom stereocenters. The Morgan fingerprint density at radius 3 is 2.74 bits per heavy atom. The van der Waals surface area contributed by atoms with Crippen LogP contribution in [-0.2, 0) is 17.9 Å². The van der Waals surface area contributed by atoms with Gasteiger partial charge in [0, 0.05) is 37.5 Å². The van der Waals surface area contributed by atoms with Gasteiger partial charge in [0.1, 0.15) is 19.2 Å². The van der Waals surface area contributed by atoms with E-state index in [4.69, 9.17) is 0 Å². The second-order valence-electron chi connectivity index (χ2n) is 6.34. The van der Waals surface area contributed by atoms with Gasteiger partial charge in [-0.05, 0) is 12.8 Å². The maximum Gasteiger partial charge on any atom is 0.254 e. The Hall–Kier alpha value is -2.51. The lowest BCUT2D eigenvalue weighted by atomic mass is 10.0. The molecule has 8 heteroatoms. The fourth-order valence-electron chi connectivity index (χ4n) is 2.89. The van der Waals surface area contributed by atoms with Crippen LogP contribution in [0.2, 0.25) is 0 Å². The molecule has 0 bridgehead atoms. The summed E-state index contributed by atoms with van der Waals surface area (Å²) >= 11 is 0. The van der Waals surface area contributed by atoms with Gasteiger partial charge in [-0.3, -0.25) is 18.8 Å². The Morgan fingerprint density at radius 1 is 1.26 bits per heavy atom. The van der Waals surface area contributed by atoms with Gasteiger partial charge in [0.2, 0.25) is 5.91 Å². The molecule has 120 valence electrons. The normalized spacial score (nSPS) is 18.0. The molecule has 0 radical (unpaired) electrons. The molecule has 0 aromatic carbocycles. The van der Waals surface area contributed by atoms with Crippen LogP contribution in [0.4, 0.5) is 0 Å². The highest BCUT2D eigenvalue weighted by Crippen LogP contribution is 2.38. The van der Waals surface area contributed by atoms with E-state index < -0.39 is 0 Å². The van der Waals surface area contributed by atoms with Gasteiger partial charge in [-0.25, -0.2) is 9.97 Å². The molecule has 1 aliphatic heterocycles. The van der Waals surface area contributed by atoms with E-state index in [-0.39, 0.29) is 18.0 Å². The summed E-state index contributed by atoms with van der Waals surface area (Å²) in [5, 5.41) is 4.06. The molecule has 1 aliphatic carbocycles. The van der Waals surface area contributed by atoms with Crippen LogP contribution in [0.25, 0.3) is 0 Å². The van der Waals surface area contributed by atoms with Crippen LogP contribution >= 0.6 is 0 Å². The van der Waals surface area contributed by atoms with E-state index in [0.717, 1.165) is 25.1 Å². The molecular weight excluding hydrogens is 296 g/mol. The van der Waals surface area contributed by atoms with Gasteiger partial charge in [-0.1, -0.05) is 0 Å². The number of nitrogens with zero attached hydrogens (tertiary/aromatic N) is 6. The number of aromatic nitrogens is 5. The Balaban J connectivity index is 1.31. The average Bonchev–Trinajstić information content (AvgIpc) is 3.21. The molecule has 1 saturated heterocycles. The Labute approximate surface area is 132 Å². The zero-order valence-electron chi connectivity index (χ0n) is 12.7. The monoisotopic (exact) mass is 314 g/mol. The maximum absolute atomic E-state index is 12.2. The minimum Gasteiger partial charge on any atom is -0.340 e. The van der Waals surface area contributed by atoms with E-state index in [2.05, 4.69) is 15.1 Å². The van der Waals surface area contributed by atoms with Crippen LogP contribution in [0.15, 0.2) is 29.8 Å². The average molecular weight is 314 g/mol. The molecule has 0 spiro atoms. The lowest BCUT2D eigenvalue weighted by Crippen LogP contribution is -2.52. The lowest BCUT2D eigenvalue weighted by Gasteiger charge is -2.39. The van der Waals surface area contributed by atoms with Gasteiger partial charge in [0.25, 0.3) is 5.56 Å². The molecular formula is C15H18N6O2. The second kappa shape index (κ2) is 5.60. The Kier molecular flexibility index (Phi) is 3.44. The van der Waals surface area contributed by atoms with Crippen LogP contribution in [-0.4, -0.2) is 48.2 Å². The van der Waals surface area contributed by atoms with Crippen molar-refractivity contribution in [3.8, 4) is 0 Å². The minimum absolute atomic E-state index is 0.0390. The van der Waals surface area contributed by atoms with Crippen molar-refractivity contribution in [1.29, 1.82) is 0 Å². The molecule has 4 rings (SSSR count).